The zero-order valence-electron chi connectivity index (χ0n) is 17.7. The number of amides is 3. The lowest BCUT2D eigenvalue weighted by Gasteiger charge is -2.12. The summed E-state index contributed by atoms with van der Waals surface area (Å²) < 4.78 is 0. The molecule has 2 heterocycles. The number of anilines is 1. The summed E-state index contributed by atoms with van der Waals surface area (Å²) in [6.45, 7) is 3.80. The lowest BCUT2D eigenvalue weighted by atomic mass is 10.1. The number of benzene rings is 2. The molecular weight excluding hydrogens is 426 g/mol. The van der Waals surface area contributed by atoms with Gasteiger partial charge in [0.25, 0.3) is 17.7 Å². The lowest BCUT2D eigenvalue weighted by molar-refractivity contribution is 0.0652. The maximum atomic E-state index is 12.8. The van der Waals surface area contributed by atoms with Crippen LogP contribution in [0.5, 0.6) is 0 Å². The third-order valence-corrected chi connectivity index (χ3v) is 6.25. The molecule has 0 spiro atoms. The molecule has 162 valence electrons. The van der Waals surface area contributed by atoms with Gasteiger partial charge < -0.3 is 0 Å². The molecule has 7 nitrogen and oxygen atoms in total. The molecule has 0 unspecified atom stereocenters. The van der Waals surface area contributed by atoms with E-state index in [9.17, 15) is 19.2 Å². The summed E-state index contributed by atoms with van der Waals surface area (Å²) in [6, 6.07) is 13.7. The van der Waals surface area contributed by atoms with E-state index in [1.807, 2.05) is 37.3 Å². The van der Waals surface area contributed by atoms with Crippen LogP contribution in [0.2, 0.25) is 0 Å². The van der Waals surface area contributed by atoms with E-state index in [2.05, 4.69) is 10.3 Å². The summed E-state index contributed by atoms with van der Waals surface area (Å²) in [7, 11) is 0. The van der Waals surface area contributed by atoms with Crippen molar-refractivity contribution in [1.82, 2.24) is 9.88 Å². The van der Waals surface area contributed by atoms with Gasteiger partial charge in [0, 0.05) is 24.6 Å². The first-order valence-electron chi connectivity index (χ1n) is 10.3. The highest BCUT2D eigenvalue weighted by atomic mass is 32.1. The first kappa shape index (κ1) is 21.6. The molecule has 3 aromatic rings. The quantitative estimate of drug-likeness (QED) is 0.420. The Labute approximate surface area is 189 Å². The SMILES string of the molecule is CCCCN1C(=O)c2ccc(C(=O)Nc3nc(-c4ccccc4)c(C(C)=O)s3)cc2C1=O. The number of nitrogens with zero attached hydrogens (tertiary/aromatic N) is 2. The van der Waals surface area contributed by atoms with Crippen LogP contribution in [-0.4, -0.2) is 39.9 Å². The smallest absolute Gasteiger partial charge is 0.261 e. The number of carbonyl (C=O) groups excluding carboxylic acids is 4. The summed E-state index contributed by atoms with van der Waals surface area (Å²) >= 11 is 1.10. The van der Waals surface area contributed by atoms with Crippen molar-refractivity contribution in [3.8, 4) is 11.3 Å². The number of hydrogen-bond acceptors (Lipinski definition) is 6. The van der Waals surface area contributed by atoms with Gasteiger partial charge in [-0.2, -0.15) is 0 Å². The first-order valence-corrected chi connectivity index (χ1v) is 11.1. The van der Waals surface area contributed by atoms with Gasteiger partial charge >= 0.3 is 0 Å². The number of carbonyl (C=O) groups is 4. The van der Waals surface area contributed by atoms with E-state index >= 15 is 0 Å². The second-order valence-electron chi connectivity index (χ2n) is 7.45. The predicted octanol–water partition coefficient (Wildman–Crippen LogP) is 4.66. The molecule has 0 fully saturated rings. The molecular formula is C24H21N3O4S. The number of thiazole rings is 1. The average molecular weight is 448 g/mol. The van der Waals surface area contributed by atoms with Crippen LogP contribution in [0.4, 0.5) is 5.13 Å². The number of hydrogen-bond donors (Lipinski definition) is 1. The Balaban J connectivity index is 1.59. The molecule has 1 aliphatic heterocycles. The molecule has 1 aliphatic rings. The number of fused-ring (bicyclic) bond motifs is 1. The number of imide groups is 1. The second kappa shape index (κ2) is 8.84. The number of aromatic nitrogens is 1. The van der Waals surface area contributed by atoms with E-state index in [0.717, 1.165) is 29.7 Å². The second-order valence-corrected chi connectivity index (χ2v) is 8.45. The van der Waals surface area contributed by atoms with Crippen LogP contribution in [0.25, 0.3) is 11.3 Å². The maximum Gasteiger partial charge on any atom is 0.261 e. The summed E-state index contributed by atoms with van der Waals surface area (Å²) in [5.41, 5.74) is 2.07. The van der Waals surface area contributed by atoms with Crippen molar-refractivity contribution in [3.05, 3.63) is 70.1 Å². The number of nitrogens with one attached hydrogen (secondary N) is 1. The third kappa shape index (κ3) is 3.97. The Hall–Kier alpha value is -3.65. The minimum atomic E-state index is -0.469. The van der Waals surface area contributed by atoms with Crippen LogP contribution in [0.1, 0.15) is 67.4 Å². The van der Waals surface area contributed by atoms with Crippen LogP contribution >= 0.6 is 11.3 Å². The summed E-state index contributed by atoms with van der Waals surface area (Å²) in [6.07, 6.45) is 1.59. The molecule has 0 atom stereocenters. The van der Waals surface area contributed by atoms with Crippen molar-refractivity contribution in [2.45, 2.75) is 26.7 Å². The average Bonchev–Trinajstić information content (AvgIpc) is 3.32. The summed E-state index contributed by atoms with van der Waals surface area (Å²) in [5, 5.41) is 3.00. The number of rotatable bonds is 7. The molecule has 2 aromatic carbocycles. The zero-order valence-corrected chi connectivity index (χ0v) is 18.5. The van der Waals surface area contributed by atoms with Gasteiger partial charge in [-0.25, -0.2) is 4.98 Å². The molecule has 0 bridgehead atoms. The highest BCUT2D eigenvalue weighted by Gasteiger charge is 2.35. The Bertz CT molecular complexity index is 1230. The van der Waals surface area contributed by atoms with Crippen molar-refractivity contribution in [2.24, 2.45) is 0 Å². The fraction of sp³-hybridized carbons (Fsp3) is 0.208. The van der Waals surface area contributed by atoms with E-state index in [-0.39, 0.29) is 33.9 Å². The molecule has 3 amide bonds. The molecule has 0 saturated heterocycles. The van der Waals surface area contributed by atoms with E-state index in [4.69, 9.17) is 0 Å². The van der Waals surface area contributed by atoms with Gasteiger partial charge in [0.05, 0.1) is 21.7 Å². The molecule has 32 heavy (non-hydrogen) atoms. The Morgan fingerprint density at radius 1 is 1.03 bits per heavy atom. The van der Waals surface area contributed by atoms with Crippen LogP contribution in [0, 0.1) is 0 Å². The van der Waals surface area contributed by atoms with Crippen LogP contribution in [-0.2, 0) is 0 Å². The predicted molar refractivity (Wildman–Crippen MR) is 122 cm³/mol. The summed E-state index contributed by atoms with van der Waals surface area (Å²) in [5.74, 6) is -1.32. The fourth-order valence-corrected chi connectivity index (χ4v) is 4.40. The highest BCUT2D eigenvalue weighted by Crippen LogP contribution is 2.32. The van der Waals surface area contributed by atoms with Gasteiger partial charge in [-0.05, 0) is 24.6 Å². The van der Waals surface area contributed by atoms with Crippen molar-refractivity contribution in [1.29, 1.82) is 0 Å². The van der Waals surface area contributed by atoms with Gasteiger partial charge in [-0.1, -0.05) is 55.0 Å². The Morgan fingerprint density at radius 2 is 1.75 bits per heavy atom. The normalized spacial score (nSPS) is 12.8. The third-order valence-electron chi connectivity index (χ3n) is 5.18. The van der Waals surface area contributed by atoms with Crippen molar-refractivity contribution in [3.63, 3.8) is 0 Å². The lowest BCUT2D eigenvalue weighted by Crippen LogP contribution is -2.30. The maximum absolute atomic E-state index is 12.8. The molecule has 0 radical (unpaired) electrons. The van der Waals surface area contributed by atoms with Crippen LogP contribution < -0.4 is 5.32 Å². The summed E-state index contributed by atoms with van der Waals surface area (Å²) in [4.78, 5) is 56.2. The molecule has 0 saturated carbocycles. The molecule has 4 rings (SSSR count). The minimum Gasteiger partial charge on any atom is -0.298 e. The van der Waals surface area contributed by atoms with Gasteiger partial charge in [0.1, 0.15) is 0 Å². The zero-order chi connectivity index (χ0) is 22.8. The highest BCUT2D eigenvalue weighted by molar-refractivity contribution is 7.18. The van der Waals surface area contributed by atoms with Crippen LogP contribution in [0.15, 0.2) is 48.5 Å². The topological polar surface area (TPSA) is 96.4 Å². The van der Waals surface area contributed by atoms with Crippen LogP contribution in [0.3, 0.4) is 0 Å². The van der Waals surface area contributed by atoms with Crippen molar-refractivity contribution in [2.75, 3.05) is 11.9 Å². The van der Waals surface area contributed by atoms with Gasteiger partial charge in [-0.3, -0.25) is 29.4 Å². The first-order chi connectivity index (χ1) is 15.4. The van der Waals surface area contributed by atoms with Gasteiger partial charge in [0.15, 0.2) is 10.9 Å². The van der Waals surface area contributed by atoms with Crippen molar-refractivity contribution >= 4 is 40.0 Å². The van der Waals surface area contributed by atoms with Crippen molar-refractivity contribution < 1.29 is 19.2 Å². The van der Waals surface area contributed by atoms with E-state index in [1.54, 1.807) is 0 Å². The molecule has 1 N–H and O–H groups in total. The Morgan fingerprint density at radius 3 is 2.44 bits per heavy atom. The largest absolute Gasteiger partial charge is 0.298 e. The number of unbranched alkanes of at least 4 members (excludes halogenated alkanes) is 1. The van der Waals surface area contributed by atoms with E-state index in [1.165, 1.54) is 30.0 Å². The van der Waals surface area contributed by atoms with E-state index < -0.39 is 5.91 Å². The number of ketones is 1. The molecule has 8 heteroatoms. The Kier molecular flexibility index (Phi) is 5.96. The van der Waals surface area contributed by atoms with E-state index in [0.29, 0.717) is 22.7 Å². The monoisotopic (exact) mass is 447 g/mol. The standard InChI is InChI=1S/C24H21N3O4S/c1-3-4-12-27-22(30)17-11-10-16(13-18(17)23(27)31)21(29)26-24-25-19(20(32-24)14(2)28)15-8-6-5-7-9-15/h5-11,13H,3-4,12H2,1-2H3,(H,25,26,29). The van der Waals surface area contributed by atoms with Gasteiger partial charge in [-0.15, -0.1) is 0 Å². The number of Topliss-reactive ketones (excluding diaryl/α,β-unsaturated/α-hetero) is 1. The molecule has 1 aromatic heterocycles. The minimum absolute atomic E-state index is 0.143. The molecule has 0 aliphatic carbocycles. The fourth-order valence-electron chi connectivity index (χ4n) is 3.52. The van der Waals surface area contributed by atoms with Gasteiger partial charge in [0.2, 0.25) is 0 Å².